The molecule has 1 aromatic heterocycles. The van der Waals surface area contributed by atoms with Crippen molar-refractivity contribution in [3.8, 4) is 0 Å². The smallest absolute Gasteiger partial charge is 0.267 e. The molecular weight excluding hydrogens is 304 g/mol. The molecule has 0 aliphatic heterocycles. The number of hydrogen-bond donors (Lipinski definition) is 3. The molecule has 2 aromatic carbocycles. The summed E-state index contributed by atoms with van der Waals surface area (Å²) in [7, 11) is 0. The van der Waals surface area contributed by atoms with Crippen LogP contribution in [-0.2, 0) is 11.2 Å². The van der Waals surface area contributed by atoms with E-state index in [9.17, 15) is 4.79 Å². The summed E-state index contributed by atoms with van der Waals surface area (Å²) in [6.07, 6.45) is 3.51. The predicted octanol–water partition coefficient (Wildman–Crippen LogP) is 3.22. The largest absolute Gasteiger partial charge is 0.343 e. The van der Waals surface area contributed by atoms with Crippen molar-refractivity contribution in [1.29, 1.82) is 0 Å². The lowest BCUT2D eigenvalue weighted by atomic mass is 10.1. The summed E-state index contributed by atoms with van der Waals surface area (Å²) in [5, 5.41) is 8.44. The van der Waals surface area contributed by atoms with Gasteiger partial charge < -0.3 is 4.98 Å². The summed E-state index contributed by atoms with van der Waals surface area (Å²) in [6.45, 7) is 7.04. The highest BCUT2D eigenvalue weighted by atomic mass is 16.5. The van der Waals surface area contributed by atoms with E-state index in [4.69, 9.17) is 11.8 Å². The van der Waals surface area contributed by atoms with Gasteiger partial charge in [0.1, 0.15) is 5.82 Å². The van der Waals surface area contributed by atoms with Crippen LogP contribution >= 0.6 is 0 Å². The number of rotatable bonds is 4. The van der Waals surface area contributed by atoms with E-state index in [0.717, 1.165) is 28.0 Å². The molecule has 0 saturated heterocycles. The van der Waals surface area contributed by atoms with Crippen LogP contribution in [-0.4, -0.2) is 21.1 Å². The van der Waals surface area contributed by atoms with Crippen molar-refractivity contribution in [1.82, 2.24) is 15.4 Å². The first-order valence-electron chi connectivity index (χ1n) is 7.25. The summed E-state index contributed by atoms with van der Waals surface area (Å²) < 4.78 is 0. The SMILES string of the molecule is [C-]#[N+]c1ccc2nc(Cc3ccc(C=CC(=O)NO)cc3)[nH]c2c1. The zero-order valence-electron chi connectivity index (χ0n) is 12.7. The summed E-state index contributed by atoms with van der Waals surface area (Å²) in [6, 6.07) is 13.1. The highest BCUT2D eigenvalue weighted by Gasteiger charge is 2.05. The van der Waals surface area contributed by atoms with Gasteiger partial charge in [-0.05, 0) is 29.3 Å². The minimum absolute atomic E-state index is 0.569. The van der Waals surface area contributed by atoms with Gasteiger partial charge in [0.15, 0.2) is 5.69 Å². The van der Waals surface area contributed by atoms with Gasteiger partial charge in [-0.15, -0.1) is 0 Å². The van der Waals surface area contributed by atoms with Gasteiger partial charge in [-0.1, -0.05) is 30.3 Å². The van der Waals surface area contributed by atoms with Crippen LogP contribution in [0.2, 0.25) is 0 Å². The van der Waals surface area contributed by atoms with Crippen molar-refractivity contribution in [2.24, 2.45) is 0 Å². The fourth-order valence-electron chi connectivity index (χ4n) is 2.35. The molecule has 3 N–H and O–H groups in total. The van der Waals surface area contributed by atoms with Gasteiger partial charge >= 0.3 is 0 Å². The maximum Gasteiger partial charge on any atom is 0.267 e. The van der Waals surface area contributed by atoms with Crippen molar-refractivity contribution < 1.29 is 10.0 Å². The maximum absolute atomic E-state index is 10.9. The number of imidazole rings is 1. The Hall–Kier alpha value is -3.43. The molecule has 1 heterocycles. The Balaban J connectivity index is 1.75. The molecule has 0 unspecified atom stereocenters. The molecule has 0 aliphatic carbocycles. The molecule has 0 fully saturated rings. The van der Waals surface area contributed by atoms with Gasteiger partial charge in [-0.2, -0.15) is 0 Å². The zero-order chi connectivity index (χ0) is 16.9. The third-order valence-corrected chi connectivity index (χ3v) is 3.53. The standard InChI is InChI=1S/C18H14N4O2/c1-19-14-7-8-15-16(11-14)21-17(20-15)10-13-4-2-12(3-5-13)6-9-18(23)22-24/h2-9,11,24H,10H2,(H,20,21)(H,22,23). The molecule has 6 heteroatoms. The Bertz CT molecular complexity index is 949. The Labute approximate surface area is 138 Å². The molecule has 0 radical (unpaired) electrons. The molecule has 0 saturated carbocycles. The lowest BCUT2D eigenvalue weighted by Crippen LogP contribution is -2.14. The Kier molecular flexibility index (Phi) is 4.36. The van der Waals surface area contributed by atoms with Gasteiger partial charge in [-0.25, -0.2) is 15.3 Å². The number of carbonyl (C=O) groups excluding carboxylic acids is 1. The lowest BCUT2D eigenvalue weighted by Gasteiger charge is -1.99. The molecule has 24 heavy (non-hydrogen) atoms. The molecule has 1 amide bonds. The van der Waals surface area contributed by atoms with Crippen molar-refractivity contribution in [2.75, 3.05) is 0 Å². The Morgan fingerprint density at radius 2 is 2.08 bits per heavy atom. The quantitative estimate of drug-likeness (QED) is 0.299. The minimum atomic E-state index is -0.569. The van der Waals surface area contributed by atoms with E-state index >= 15 is 0 Å². The van der Waals surface area contributed by atoms with Crippen LogP contribution in [0.5, 0.6) is 0 Å². The second kappa shape index (κ2) is 6.77. The number of amides is 1. The van der Waals surface area contributed by atoms with Crippen LogP contribution in [0.1, 0.15) is 17.0 Å². The van der Waals surface area contributed by atoms with Crippen LogP contribution in [0, 0.1) is 6.57 Å². The van der Waals surface area contributed by atoms with Gasteiger partial charge in [0.2, 0.25) is 0 Å². The monoisotopic (exact) mass is 318 g/mol. The van der Waals surface area contributed by atoms with Crippen molar-refractivity contribution in [3.05, 3.63) is 76.9 Å². The van der Waals surface area contributed by atoms with Gasteiger partial charge in [0.25, 0.3) is 5.91 Å². The van der Waals surface area contributed by atoms with E-state index in [2.05, 4.69) is 14.8 Å². The van der Waals surface area contributed by atoms with E-state index in [0.29, 0.717) is 12.1 Å². The van der Waals surface area contributed by atoms with Crippen molar-refractivity contribution in [2.45, 2.75) is 6.42 Å². The summed E-state index contributed by atoms with van der Waals surface area (Å²) in [5.41, 5.74) is 5.75. The Morgan fingerprint density at radius 3 is 2.79 bits per heavy atom. The molecule has 118 valence electrons. The van der Waals surface area contributed by atoms with E-state index in [1.54, 1.807) is 23.7 Å². The molecule has 3 rings (SSSR count). The molecule has 0 spiro atoms. The molecule has 0 aliphatic rings. The van der Waals surface area contributed by atoms with Crippen LogP contribution in [0.3, 0.4) is 0 Å². The number of nitrogens with zero attached hydrogens (tertiary/aromatic N) is 2. The fraction of sp³-hybridized carbons (Fsp3) is 0.0556. The Morgan fingerprint density at radius 1 is 1.29 bits per heavy atom. The lowest BCUT2D eigenvalue weighted by molar-refractivity contribution is -0.124. The first-order valence-corrected chi connectivity index (χ1v) is 7.25. The summed E-state index contributed by atoms with van der Waals surface area (Å²) in [5.74, 6) is 0.259. The van der Waals surface area contributed by atoms with E-state index < -0.39 is 5.91 Å². The van der Waals surface area contributed by atoms with E-state index in [-0.39, 0.29) is 0 Å². The summed E-state index contributed by atoms with van der Waals surface area (Å²) >= 11 is 0. The number of H-pyrrole nitrogens is 1. The average Bonchev–Trinajstić information content (AvgIpc) is 3.02. The first-order chi connectivity index (χ1) is 11.7. The highest BCUT2D eigenvalue weighted by molar-refractivity contribution is 5.90. The summed E-state index contributed by atoms with van der Waals surface area (Å²) in [4.78, 5) is 22.1. The number of aromatic amines is 1. The molecule has 0 atom stereocenters. The maximum atomic E-state index is 10.9. The normalized spacial score (nSPS) is 10.8. The average molecular weight is 318 g/mol. The second-order valence-electron chi connectivity index (χ2n) is 5.22. The number of aromatic nitrogens is 2. The van der Waals surface area contributed by atoms with Crippen molar-refractivity contribution in [3.63, 3.8) is 0 Å². The van der Waals surface area contributed by atoms with Crippen LogP contribution in [0.25, 0.3) is 22.0 Å². The van der Waals surface area contributed by atoms with Crippen LogP contribution in [0.4, 0.5) is 5.69 Å². The molecular formula is C18H14N4O2. The number of hydroxylamine groups is 1. The van der Waals surface area contributed by atoms with Crippen molar-refractivity contribution >= 4 is 28.7 Å². The molecule has 6 nitrogen and oxygen atoms in total. The second-order valence-corrected chi connectivity index (χ2v) is 5.22. The van der Waals surface area contributed by atoms with E-state index in [1.807, 2.05) is 30.3 Å². The molecule has 0 bridgehead atoms. The van der Waals surface area contributed by atoms with Gasteiger partial charge in [0, 0.05) is 12.5 Å². The molecule has 3 aromatic rings. The zero-order valence-corrected chi connectivity index (χ0v) is 12.7. The number of fused-ring (bicyclic) bond motifs is 1. The third-order valence-electron chi connectivity index (χ3n) is 3.53. The van der Waals surface area contributed by atoms with Crippen LogP contribution < -0.4 is 5.48 Å². The van der Waals surface area contributed by atoms with Gasteiger partial charge in [-0.3, -0.25) is 10.0 Å². The van der Waals surface area contributed by atoms with Crippen LogP contribution in [0.15, 0.2) is 48.5 Å². The topological polar surface area (TPSA) is 82.4 Å². The number of hydrogen-bond acceptors (Lipinski definition) is 3. The highest BCUT2D eigenvalue weighted by Crippen LogP contribution is 2.20. The van der Waals surface area contributed by atoms with Gasteiger partial charge in [0.05, 0.1) is 17.6 Å². The number of nitrogens with one attached hydrogen (secondary N) is 2. The fourth-order valence-corrected chi connectivity index (χ4v) is 2.35. The number of benzene rings is 2. The third kappa shape index (κ3) is 3.48. The van der Waals surface area contributed by atoms with E-state index in [1.165, 1.54) is 6.08 Å². The minimum Gasteiger partial charge on any atom is -0.343 e. The number of carbonyl (C=O) groups is 1. The predicted molar refractivity (Wildman–Crippen MR) is 90.6 cm³/mol. The first kappa shape index (κ1) is 15.5.